The number of rotatable bonds is 5. The monoisotopic (exact) mass is 341 g/mol. The van der Waals surface area contributed by atoms with Crippen LogP contribution in [-0.2, 0) is 4.79 Å². The number of aryl methyl sites for hydroxylation is 1. The Morgan fingerprint density at radius 1 is 1.45 bits per heavy atom. The van der Waals surface area contributed by atoms with Crippen LogP contribution in [0.5, 0.6) is 5.75 Å². The number of carbonyl (C=O) groups excluding carboxylic acids is 1. The van der Waals surface area contributed by atoms with Gasteiger partial charge in [-0.05, 0) is 31.4 Å². The van der Waals surface area contributed by atoms with Gasteiger partial charge in [-0.2, -0.15) is 0 Å². The fraction of sp³-hybridized carbons (Fsp3) is 0.500. The van der Waals surface area contributed by atoms with Crippen LogP contribution in [0.4, 0.5) is 5.69 Å². The fourth-order valence-electron chi connectivity index (χ4n) is 2.54. The molecule has 0 aliphatic heterocycles. The molecule has 0 N–H and O–H groups in total. The molecular formula is C14H16BrNO4. The van der Waals surface area contributed by atoms with Crippen molar-refractivity contribution < 1.29 is 14.5 Å². The van der Waals surface area contributed by atoms with Crippen molar-refractivity contribution in [3.8, 4) is 5.75 Å². The Balaban J connectivity index is 2.12. The Morgan fingerprint density at radius 2 is 2.10 bits per heavy atom. The van der Waals surface area contributed by atoms with Gasteiger partial charge in [-0.1, -0.05) is 28.8 Å². The molecule has 6 heteroatoms. The Labute approximate surface area is 125 Å². The van der Waals surface area contributed by atoms with E-state index in [1.165, 1.54) is 6.07 Å². The van der Waals surface area contributed by atoms with E-state index in [2.05, 4.69) is 15.9 Å². The molecule has 0 heterocycles. The molecule has 0 radical (unpaired) electrons. The average molecular weight is 342 g/mol. The molecule has 2 rings (SSSR count). The smallest absolute Gasteiger partial charge is 0.312 e. The molecule has 1 aliphatic carbocycles. The maximum atomic E-state index is 12.0. The standard InChI is InChI=1S/C14H16BrNO4/c1-9-6-11(15)7-12(16(18)19)14(9)20-8-13(17)10-4-2-3-5-10/h6-7,10H,2-5,8H2,1H3. The molecule has 5 nitrogen and oxygen atoms in total. The summed E-state index contributed by atoms with van der Waals surface area (Å²) in [6.45, 7) is 1.64. The van der Waals surface area contributed by atoms with E-state index in [9.17, 15) is 14.9 Å². The summed E-state index contributed by atoms with van der Waals surface area (Å²) < 4.78 is 6.07. The van der Waals surface area contributed by atoms with Crippen LogP contribution < -0.4 is 4.74 Å². The lowest BCUT2D eigenvalue weighted by Gasteiger charge is -2.12. The molecular weight excluding hydrogens is 326 g/mol. The predicted octanol–water partition coefficient (Wildman–Crippen LogP) is 3.80. The summed E-state index contributed by atoms with van der Waals surface area (Å²) >= 11 is 3.22. The molecule has 1 aromatic carbocycles. The first-order valence-electron chi connectivity index (χ1n) is 6.59. The number of nitro benzene ring substituents is 1. The number of benzene rings is 1. The summed E-state index contributed by atoms with van der Waals surface area (Å²) in [5, 5.41) is 11.0. The molecule has 0 aromatic heterocycles. The second-order valence-electron chi connectivity index (χ2n) is 5.06. The van der Waals surface area contributed by atoms with Crippen molar-refractivity contribution in [2.24, 2.45) is 5.92 Å². The van der Waals surface area contributed by atoms with E-state index in [0.717, 1.165) is 25.7 Å². The van der Waals surface area contributed by atoms with Crippen LogP contribution in [-0.4, -0.2) is 17.3 Å². The highest BCUT2D eigenvalue weighted by molar-refractivity contribution is 9.10. The third kappa shape index (κ3) is 3.36. The van der Waals surface area contributed by atoms with Gasteiger partial charge in [-0.25, -0.2) is 0 Å². The number of Topliss-reactive ketones (excluding diaryl/α,β-unsaturated/α-hetero) is 1. The number of hydrogen-bond donors (Lipinski definition) is 0. The van der Waals surface area contributed by atoms with Crippen molar-refractivity contribution >= 4 is 27.4 Å². The molecule has 1 aliphatic rings. The molecule has 1 fully saturated rings. The van der Waals surface area contributed by atoms with E-state index in [4.69, 9.17) is 4.74 Å². The molecule has 1 aromatic rings. The average Bonchev–Trinajstić information content (AvgIpc) is 2.90. The zero-order chi connectivity index (χ0) is 14.7. The quantitative estimate of drug-likeness (QED) is 0.603. The highest BCUT2D eigenvalue weighted by Gasteiger charge is 2.25. The summed E-state index contributed by atoms with van der Waals surface area (Å²) in [5.74, 6) is 0.286. The van der Waals surface area contributed by atoms with Crippen molar-refractivity contribution in [1.29, 1.82) is 0 Å². The van der Waals surface area contributed by atoms with Gasteiger partial charge in [-0.3, -0.25) is 14.9 Å². The van der Waals surface area contributed by atoms with Crippen molar-refractivity contribution in [1.82, 2.24) is 0 Å². The third-order valence-electron chi connectivity index (χ3n) is 3.59. The molecule has 0 atom stereocenters. The molecule has 0 unspecified atom stereocenters. The first-order chi connectivity index (χ1) is 9.49. The van der Waals surface area contributed by atoms with Crippen molar-refractivity contribution in [3.63, 3.8) is 0 Å². The minimum Gasteiger partial charge on any atom is -0.479 e. The van der Waals surface area contributed by atoms with Crippen molar-refractivity contribution in [2.45, 2.75) is 32.6 Å². The van der Waals surface area contributed by atoms with Crippen LogP contribution in [0, 0.1) is 23.0 Å². The van der Waals surface area contributed by atoms with E-state index in [0.29, 0.717) is 10.0 Å². The third-order valence-corrected chi connectivity index (χ3v) is 4.04. The number of hydrogen-bond acceptors (Lipinski definition) is 4. The van der Waals surface area contributed by atoms with Crippen LogP contribution in [0.1, 0.15) is 31.2 Å². The van der Waals surface area contributed by atoms with E-state index < -0.39 is 4.92 Å². The van der Waals surface area contributed by atoms with Crippen molar-refractivity contribution in [2.75, 3.05) is 6.61 Å². The Hall–Kier alpha value is -1.43. The van der Waals surface area contributed by atoms with Gasteiger partial charge in [-0.15, -0.1) is 0 Å². The van der Waals surface area contributed by atoms with Crippen LogP contribution in [0.2, 0.25) is 0 Å². The molecule has 20 heavy (non-hydrogen) atoms. The van der Waals surface area contributed by atoms with Gasteiger partial charge in [0.15, 0.2) is 5.78 Å². The maximum Gasteiger partial charge on any atom is 0.312 e. The SMILES string of the molecule is Cc1cc(Br)cc([N+](=O)[O-])c1OCC(=O)C1CCCC1. The highest BCUT2D eigenvalue weighted by Crippen LogP contribution is 2.34. The van der Waals surface area contributed by atoms with Crippen LogP contribution in [0.3, 0.4) is 0 Å². The molecule has 0 saturated heterocycles. The summed E-state index contributed by atoms with van der Waals surface area (Å²) in [7, 11) is 0. The number of carbonyl (C=O) groups is 1. The van der Waals surface area contributed by atoms with Gasteiger partial charge in [0.25, 0.3) is 0 Å². The second-order valence-corrected chi connectivity index (χ2v) is 5.98. The molecule has 1 saturated carbocycles. The number of ether oxygens (including phenoxy) is 1. The van der Waals surface area contributed by atoms with Gasteiger partial charge in [0.05, 0.1) is 4.92 Å². The summed E-state index contributed by atoms with van der Waals surface area (Å²) in [6.07, 6.45) is 3.97. The minimum absolute atomic E-state index is 0.0408. The van der Waals surface area contributed by atoms with Gasteiger partial charge >= 0.3 is 5.69 Å². The van der Waals surface area contributed by atoms with Gasteiger partial charge in [0, 0.05) is 16.5 Å². The minimum atomic E-state index is -0.493. The van der Waals surface area contributed by atoms with Crippen LogP contribution >= 0.6 is 15.9 Å². The number of halogens is 1. The van der Waals surface area contributed by atoms with Gasteiger partial charge < -0.3 is 4.74 Å². The Bertz CT molecular complexity index is 538. The van der Waals surface area contributed by atoms with E-state index in [-0.39, 0.29) is 29.7 Å². The molecule has 0 spiro atoms. The topological polar surface area (TPSA) is 69.4 Å². The number of nitro groups is 1. The van der Waals surface area contributed by atoms with Crippen LogP contribution in [0.15, 0.2) is 16.6 Å². The number of ketones is 1. The zero-order valence-electron chi connectivity index (χ0n) is 11.2. The predicted molar refractivity (Wildman–Crippen MR) is 78.0 cm³/mol. The lowest BCUT2D eigenvalue weighted by molar-refractivity contribution is -0.385. The number of nitrogens with zero attached hydrogens (tertiary/aromatic N) is 1. The van der Waals surface area contributed by atoms with E-state index in [1.807, 2.05) is 0 Å². The maximum absolute atomic E-state index is 12.0. The van der Waals surface area contributed by atoms with Crippen molar-refractivity contribution in [3.05, 3.63) is 32.3 Å². The Morgan fingerprint density at radius 3 is 2.70 bits per heavy atom. The largest absolute Gasteiger partial charge is 0.479 e. The normalized spacial score (nSPS) is 15.3. The highest BCUT2D eigenvalue weighted by atomic mass is 79.9. The van der Waals surface area contributed by atoms with E-state index in [1.54, 1.807) is 13.0 Å². The molecule has 108 valence electrons. The lowest BCUT2D eigenvalue weighted by atomic mass is 10.0. The molecule has 0 bridgehead atoms. The first kappa shape index (κ1) is 15.0. The first-order valence-corrected chi connectivity index (χ1v) is 7.38. The summed E-state index contributed by atoms with van der Waals surface area (Å²) in [5.41, 5.74) is 0.529. The Kier molecular flexibility index (Phi) is 4.75. The van der Waals surface area contributed by atoms with Gasteiger partial charge in [0.2, 0.25) is 5.75 Å². The van der Waals surface area contributed by atoms with Crippen LogP contribution in [0.25, 0.3) is 0 Å². The summed E-state index contributed by atoms with van der Waals surface area (Å²) in [6, 6.07) is 3.13. The molecule has 0 amide bonds. The fourth-order valence-corrected chi connectivity index (χ4v) is 3.10. The van der Waals surface area contributed by atoms with Gasteiger partial charge in [0.1, 0.15) is 6.61 Å². The zero-order valence-corrected chi connectivity index (χ0v) is 12.8. The second kappa shape index (κ2) is 6.35. The van der Waals surface area contributed by atoms with E-state index >= 15 is 0 Å². The summed E-state index contributed by atoms with van der Waals surface area (Å²) in [4.78, 5) is 22.5. The lowest BCUT2D eigenvalue weighted by Crippen LogP contribution is -2.19.